The van der Waals surface area contributed by atoms with Gasteiger partial charge >= 0.3 is 0 Å². The SMILES string of the molecule is CCC(C)c1ccc(NC(=O)CSc2nnc(-c3ccc(Cl)cc3)n2-c2ccccc2)cc1. The van der Waals surface area contributed by atoms with Crippen LogP contribution in [-0.4, -0.2) is 26.4 Å². The van der Waals surface area contributed by atoms with Crippen molar-refractivity contribution in [1.29, 1.82) is 0 Å². The summed E-state index contributed by atoms with van der Waals surface area (Å²) in [7, 11) is 0. The number of halogens is 1. The molecular formula is C26H25ClN4OS. The van der Waals surface area contributed by atoms with Gasteiger partial charge in [0.25, 0.3) is 0 Å². The normalized spacial score (nSPS) is 11.8. The average molecular weight is 477 g/mol. The zero-order valence-electron chi connectivity index (χ0n) is 18.5. The molecular weight excluding hydrogens is 452 g/mol. The second kappa shape index (κ2) is 10.7. The molecule has 1 amide bonds. The molecule has 1 unspecified atom stereocenters. The van der Waals surface area contributed by atoms with Gasteiger partial charge in [0.05, 0.1) is 5.75 Å². The van der Waals surface area contributed by atoms with Gasteiger partial charge in [-0.05, 0) is 66.4 Å². The Morgan fingerprint density at radius 3 is 2.36 bits per heavy atom. The van der Waals surface area contributed by atoms with Crippen molar-refractivity contribution in [2.24, 2.45) is 0 Å². The molecule has 0 spiro atoms. The topological polar surface area (TPSA) is 59.8 Å². The van der Waals surface area contributed by atoms with Gasteiger partial charge in [-0.3, -0.25) is 9.36 Å². The molecule has 0 saturated heterocycles. The van der Waals surface area contributed by atoms with Crippen LogP contribution in [0, 0.1) is 0 Å². The Morgan fingerprint density at radius 2 is 1.70 bits per heavy atom. The molecule has 0 saturated carbocycles. The number of hydrogen-bond donors (Lipinski definition) is 1. The first-order valence-corrected chi connectivity index (χ1v) is 12.2. The first-order valence-electron chi connectivity index (χ1n) is 10.8. The maximum Gasteiger partial charge on any atom is 0.234 e. The lowest BCUT2D eigenvalue weighted by atomic mass is 9.99. The molecule has 1 heterocycles. The van der Waals surface area contributed by atoms with Crippen LogP contribution in [0.3, 0.4) is 0 Å². The number of rotatable bonds is 8. The standard InChI is InChI=1S/C26H25ClN4OS/c1-3-18(2)19-11-15-22(16-12-19)28-24(32)17-33-26-30-29-25(20-9-13-21(27)14-10-20)31(26)23-7-5-4-6-8-23/h4-16,18H,3,17H2,1-2H3,(H,28,32). The fraction of sp³-hybridized carbons (Fsp3) is 0.192. The fourth-order valence-corrected chi connectivity index (χ4v) is 4.29. The lowest BCUT2D eigenvalue weighted by Crippen LogP contribution is -2.14. The van der Waals surface area contributed by atoms with Gasteiger partial charge in [-0.2, -0.15) is 0 Å². The van der Waals surface area contributed by atoms with E-state index in [9.17, 15) is 4.79 Å². The van der Waals surface area contributed by atoms with E-state index in [0.29, 0.717) is 21.9 Å². The zero-order valence-corrected chi connectivity index (χ0v) is 20.1. The third-order valence-electron chi connectivity index (χ3n) is 5.46. The third-order valence-corrected chi connectivity index (χ3v) is 6.64. The van der Waals surface area contributed by atoms with E-state index in [1.165, 1.54) is 17.3 Å². The van der Waals surface area contributed by atoms with Crippen LogP contribution >= 0.6 is 23.4 Å². The van der Waals surface area contributed by atoms with Crippen molar-refractivity contribution in [2.45, 2.75) is 31.3 Å². The van der Waals surface area contributed by atoms with Crippen molar-refractivity contribution < 1.29 is 4.79 Å². The monoisotopic (exact) mass is 476 g/mol. The first kappa shape index (κ1) is 23.1. The van der Waals surface area contributed by atoms with Gasteiger partial charge in [-0.1, -0.05) is 67.5 Å². The predicted octanol–water partition coefficient (Wildman–Crippen LogP) is 6.83. The number of carbonyl (C=O) groups is 1. The smallest absolute Gasteiger partial charge is 0.234 e. The van der Waals surface area contributed by atoms with Crippen LogP contribution in [0.25, 0.3) is 17.1 Å². The number of amides is 1. The molecule has 0 aliphatic carbocycles. The molecule has 5 nitrogen and oxygen atoms in total. The van der Waals surface area contributed by atoms with E-state index in [0.717, 1.165) is 23.4 Å². The minimum absolute atomic E-state index is 0.0908. The summed E-state index contributed by atoms with van der Waals surface area (Å²) in [5, 5.41) is 13.1. The van der Waals surface area contributed by atoms with Gasteiger partial charge in [0.2, 0.25) is 5.91 Å². The lowest BCUT2D eigenvalue weighted by Gasteiger charge is -2.11. The van der Waals surface area contributed by atoms with Gasteiger partial charge in [-0.25, -0.2) is 0 Å². The average Bonchev–Trinajstić information content (AvgIpc) is 3.27. The van der Waals surface area contributed by atoms with E-state index in [1.807, 2.05) is 71.3 Å². The Balaban J connectivity index is 1.51. The molecule has 33 heavy (non-hydrogen) atoms. The molecule has 1 N–H and O–H groups in total. The van der Waals surface area contributed by atoms with Gasteiger partial charge in [0.15, 0.2) is 11.0 Å². The summed E-state index contributed by atoms with van der Waals surface area (Å²) < 4.78 is 1.96. The fourth-order valence-electron chi connectivity index (χ4n) is 3.42. The molecule has 0 fully saturated rings. The number of carbonyl (C=O) groups excluding carboxylic acids is 1. The van der Waals surface area contributed by atoms with Crippen LogP contribution < -0.4 is 5.32 Å². The molecule has 168 valence electrons. The second-order valence-corrected chi connectivity index (χ2v) is 9.13. The van der Waals surface area contributed by atoms with E-state index in [-0.39, 0.29) is 11.7 Å². The Morgan fingerprint density at radius 1 is 1.00 bits per heavy atom. The quantitative estimate of drug-likeness (QED) is 0.283. The van der Waals surface area contributed by atoms with E-state index >= 15 is 0 Å². The Labute approximate surface area is 203 Å². The van der Waals surface area contributed by atoms with E-state index in [4.69, 9.17) is 11.6 Å². The zero-order chi connectivity index (χ0) is 23.2. The molecule has 7 heteroatoms. The van der Waals surface area contributed by atoms with Crippen molar-refractivity contribution in [3.63, 3.8) is 0 Å². The highest BCUT2D eigenvalue weighted by molar-refractivity contribution is 7.99. The summed E-state index contributed by atoms with van der Waals surface area (Å²) in [6.07, 6.45) is 1.09. The van der Waals surface area contributed by atoms with Crippen molar-refractivity contribution >= 4 is 35.0 Å². The predicted molar refractivity (Wildman–Crippen MR) is 136 cm³/mol. The lowest BCUT2D eigenvalue weighted by molar-refractivity contribution is -0.113. The molecule has 1 aromatic heterocycles. The molecule has 0 aliphatic heterocycles. The summed E-state index contributed by atoms with van der Waals surface area (Å²) >= 11 is 7.40. The minimum Gasteiger partial charge on any atom is -0.325 e. The molecule has 4 aromatic rings. The molecule has 3 aromatic carbocycles. The van der Waals surface area contributed by atoms with Crippen LogP contribution in [0.2, 0.25) is 5.02 Å². The first-order chi connectivity index (χ1) is 16.0. The number of thioether (sulfide) groups is 1. The second-order valence-electron chi connectivity index (χ2n) is 7.75. The number of benzene rings is 3. The third kappa shape index (κ3) is 5.64. The number of hydrogen-bond acceptors (Lipinski definition) is 4. The van der Waals surface area contributed by atoms with Crippen LogP contribution in [0.15, 0.2) is 84.0 Å². The van der Waals surface area contributed by atoms with Crippen molar-refractivity contribution in [2.75, 3.05) is 11.1 Å². The van der Waals surface area contributed by atoms with Gasteiger partial charge in [0, 0.05) is 22.0 Å². The number of para-hydroxylation sites is 1. The largest absolute Gasteiger partial charge is 0.325 e. The highest BCUT2D eigenvalue weighted by atomic mass is 35.5. The Bertz CT molecular complexity index is 1210. The summed E-state index contributed by atoms with van der Waals surface area (Å²) in [5.41, 5.74) is 3.89. The number of anilines is 1. The van der Waals surface area contributed by atoms with Gasteiger partial charge in [-0.15, -0.1) is 10.2 Å². The van der Waals surface area contributed by atoms with Crippen LogP contribution in [0.4, 0.5) is 5.69 Å². The number of nitrogens with zero attached hydrogens (tertiary/aromatic N) is 3. The Kier molecular flexibility index (Phi) is 7.47. The molecule has 1 atom stereocenters. The van der Waals surface area contributed by atoms with Crippen molar-refractivity contribution in [3.05, 3.63) is 89.4 Å². The van der Waals surface area contributed by atoms with Gasteiger partial charge < -0.3 is 5.32 Å². The van der Waals surface area contributed by atoms with Gasteiger partial charge in [0.1, 0.15) is 0 Å². The molecule has 0 bridgehead atoms. The molecule has 4 rings (SSSR count). The Hall–Kier alpha value is -3.09. The minimum atomic E-state index is -0.0908. The maximum atomic E-state index is 12.6. The highest BCUT2D eigenvalue weighted by Crippen LogP contribution is 2.29. The van der Waals surface area contributed by atoms with Crippen molar-refractivity contribution in [1.82, 2.24) is 14.8 Å². The summed E-state index contributed by atoms with van der Waals surface area (Å²) in [6.45, 7) is 4.37. The number of nitrogens with one attached hydrogen (secondary N) is 1. The summed E-state index contributed by atoms with van der Waals surface area (Å²) in [6, 6.07) is 25.4. The van der Waals surface area contributed by atoms with E-state index < -0.39 is 0 Å². The molecule has 0 aliphatic rings. The molecule has 0 radical (unpaired) electrons. The summed E-state index contributed by atoms with van der Waals surface area (Å²) in [4.78, 5) is 12.6. The van der Waals surface area contributed by atoms with E-state index in [1.54, 1.807) is 0 Å². The highest BCUT2D eigenvalue weighted by Gasteiger charge is 2.17. The van der Waals surface area contributed by atoms with E-state index in [2.05, 4.69) is 41.5 Å². The van der Waals surface area contributed by atoms with Crippen molar-refractivity contribution in [3.8, 4) is 17.1 Å². The number of aromatic nitrogens is 3. The van der Waals surface area contributed by atoms with Crippen LogP contribution in [-0.2, 0) is 4.79 Å². The maximum absolute atomic E-state index is 12.6. The summed E-state index contributed by atoms with van der Waals surface area (Å²) in [5.74, 6) is 1.33. The van der Waals surface area contributed by atoms with Crippen LogP contribution in [0.5, 0.6) is 0 Å². The van der Waals surface area contributed by atoms with Crippen LogP contribution in [0.1, 0.15) is 31.7 Å².